The van der Waals surface area contributed by atoms with Crippen LogP contribution in [0.5, 0.6) is 5.75 Å². The second-order valence-electron chi connectivity index (χ2n) is 7.53. The Morgan fingerprint density at radius 3 is 2.41 bits per heavy atom. The molecule has 0 aliphatic heterocycles. The van der Waals surface area contributed by atoms with Crippen molar-refractivity contribution in [1.29, 1.82) is 0 Å². The van der Waals surface area contributed by atoms with Gasteiger partial charge in [0.2, 0.25) is 0 Å². The molecule has 1 unspecified atom stereocenters. The lowest BCUT2D eigenvalue weighted by Gasteiger charge is -2.19. The third kappa shape index (κ3) is 4.96. The Labute approximate surface area is 191 Å². The van der Waals surface area contributed by atoms with Crippen LogP contribution in [-0.4, -0.2) is 30.4 Å². The molecule has 0 aliphatic carbocycles. The van der Waals surface area contributed by atoms with E-state index in [1.54, 1.807) is 18.7 Å². The number of aliphatic hydroxyl groups excluding tert-OH is 1. The van der Waals surface area contributed by atoms with Gasteiger partial charge in [0.25, 0.3) is 0 Å². The number of carbonyl (C=O) groups is 1. The third-order valence-electron chi connectivity index (χ3n) is 5.00. The average Bonchev–Trinajstić information content (AvgIpc) is 2.81. The quantitative estimate of drug-likeness (QED) is 0.205. The molecule has 0 aliphatic rings. The molecule has 0 aromatic heterocycles. The Balaban J connectivity index is 1.67. The first-order chi connectivity index (χ1) is 15.5. The molecule has 0 saturated heterocycles. The molecule has 0 saturated carbocycles. The van der Waals surface area contributed by atoms with Crippen LogP contribution < -0.4 is 4.74 Å². The van der Waals surface area contributed by atoms with Gasteiger partial charge in [0.1, 0.15) is 12.4 Å². The van der Waals surface area contributed by atoms with Crippen LogP contribution in [-0.2, 0) is 9.53 Å². The molecule has 4 rings (SSSR count). The van der Waals surface area contributed by atoms with E-state index >= 15 is 0 Å². The highest BCUT2D eigenvalue weighted by atomic mass is 32.2. The minimum atomic E-state index is -0.777. The van der Waals surface area contributed by atoms with E-state index in [2.05, 4.69) is 43.0 Å². The Morgan fingerprint density at radius 2 is 1.66 bits per heavy atom. The van der Waals surface area contributed by atoms with Crippen LogP contribution in [0, 0.1) is 0 Å². The maximum atomic E-state index is 11.8. The molecule has 0 heterocycles. The highest BCUT2D eigenvalue weighted by Crippen LogP contribution is 2.38. The first-order valence-electron chi connectivity index (χ1n) is 10.3. The molecule has 4 nitrogen and oxygen atoms in total. The fourth-order valence-electron chi connectivity index (χ4n) is 3.41. The molecule has 0 bridgehead atoms. The van der Waals surface area contributed by atoms with Gasteiger partial charge in [0.15, 0.2) is 6.10 Å². The molecule has 162 valence electrons. The highest BCUT2D eigenvalue weighted by molar-refractivity contribution is 7.99. The summed E-state index contributed by atoms with van der Waals surface area (Å²) in [5, 5.41) is 13.7. The number of fused-ring (bicyclic) bond motifs is 2. The molecular weight excluding hydrogens is 420 g/mol. The van der Waals surface area contributed by atoms with Crippen LogP contribution in [0.3, 0.4) is 0 Å². The van der Waals surface area contributed by atoms with Gasteiger partial charge in [-0.3, -0.25) is 0 Å². The molecule has 0 spiro atoms. The third-order valence-corrected chi connectivity index (χ3v) is 6.00. The first kappa shape index (κ1) is 21.9. The van der Waals surface area contributed by atoms with Crippen molar-refractivity contribution < 1.29 is 19.4 Å². The largest absolute Gasteiger partial charge is 0.488 e. The molecule has 32 heavy (non-hydrogen) atoms. The second-order valence-corrected chi connectivity index (χ2v) is 8.67. The van der Waals surface area contributed by atoms with E-state index in [-0.39, 0.29) is 18.8 Å². The van der Waals surface area contributed by atoms with Crippen molar-refractivity contribution >= 4 is 39.3 Å². The highest BCUT2D eigenvalue weighted by Gasteiger charge is 2.17. The smallest absolute Gasteiger partial charge is 0.333 e. The molecule has 0 amide bonds. The van der Waals surface area contributed by atoms with E-state index < -0.39 is 12.1 Å². The lowest BCUT2D eigenvalue weighted by Crippen LogP contribution is -2.28. The van der Waals surface area contributed by atoms with Gasteiger partial charge in [-0.05, 0) is 54.1 Å². The van der Waals surface area contributed by atoms with Crippen LogP contribution in [0.1, 0.15) is 6.92 Å². The van der Waals surface area contributed by atoms with E-state index in [0.29, 0.717) is 5.75 Å². The van der Waals surface area contributed by atoms with Crippen molar-refractivity contribution in [3.8, 4) is 5.75 Å². The number of benzene rings is 4. The number of hydrogen-bond acceptors (Lipinski definition) is 5. The number of carbonyl (C=O) groups excluding carboxylic acids is 1. The van der Waals surface area contributed by atoms with Gasteiger partial charge in [0, 0.05) is 26.1 Å². The lowest BCUT2D eigenvalue weighted by atomic mass is 10.0. The normalized spacial score (nSPS) is 11.9. The van der Waals surface area contributed by atoms with Crippen molar-refractivity contribution in [3.63, 3.8) is 0 Å². The zero-order valence-corrected chi connectivity index (χ0v) is 18.6. The summed E-state index contributed by atoms with van der Waals surface area (Å²) in [6, 6.07) is 26.7. The van der Waals surface area contributed by atoms with Gasteiger partial charge in [0.05, 0.1) is 6.61 Å². The molecule has 4 aromatic rings. The monoisotopic (exact) mass is 444 g/mol. The van der Waals surface area contributed by atoms with Crippen molar-refractivity contribution in [1.82, 2.24) is 0 Å². The number of rotatable bonds is 8. The van der Waals surface area contributed by atoms with Crippen molar-refractivity contribution in [2.45, 2.75) is 22.8 Å². The van der Waals surface area contributed by atoms with Gasteiger partial charge in [-0.15, -0.1) is 0 Å². The van der Waals surface area contributed by atoms with Gasteiger partial charge in [-0.25, -0.2) is 4.79 Å². The molecule has 5 heteroatoms. The van der Waals surface area contributed by atoms with Crippen molar-refractivity contribution in [3.05, 3.63) is 91.0 Å². The molecule has 0 fully saturated rings. The summed E-state index contributed by atoms with van der Waals surface area (Å²) < 4.78 is 11.4. The summed E-state index contributed by atoms with van der Waals surface area (Å²) in [7, 11) is 0. The van der Waals surface area contributed by atoms with Crippen LogP contribution in [0.25, 0.3) is 21.5 Å². The number of esters is 1. The van der Waals surface area contributed by atoms with E-state index in [0.717, 1.165) is 26.4 Å². The van der Waals surface area contributed by atoms with E-state index in [1.807, 2.05) is 42.5 Å². The summed E-state index contributed by atoms with van der Waals surface area (Å²) in [6.07, 6.45) is -0.777. The SMILES string of the molecule is C=C(C)C(=O)OC(CO)COc1c2ccccc2cc2cc(Sc3ccccc3)ccc12. The Bertz CT molecular complexity index is 1270. The zero-order chi connectivity index (χ0) is 22.5. The van der Waals surface area contributed by atoms with Gasteiger partial charge >= 0.3 is 5.97 Å². The van der Waals surface area contributed by atoms with Gasteiger partial charge < -0.3 is 14.6 Å². The summed E-state index contributed by atoms with van der Waals surface area (Å²) in [4.78, 5) is 14.2. The Morgan fingerprint density at radius 1 is 0.938 bits per heavy atom. The fourth-order valence-corrected chi connectivity index (χ4v) is 4.29. The topological polar surface area (TPSA) is 55.8 Å². The summed E-state index contributed by atoms with van der Waals surface area (Å²) in [5.41, 5.74) is 0.280. The van der Waals surface area contributed by atoms with E-state index in [9.17, 15) is 9.90 Å². The van der Waals surface area contributed by atoms with Crippen LogP contribution in [0.15, 0.2) is 101 Å². The predicted octanol–water partition coefficient (Wildman–Crippen LogP) is 6.00. The molecular formula is C27H24O4S. The second kappa shape index (κ2) is 9.90. The minimum absolute atomic E-state index is 0.0408. The predicted molar refractivity (Wildman–Crippen MR) is 129 cm³/mol. The van der Waals surface area contributed by atoms with Crippen molar-refractivity contribution in [2.75, 3.05) is 13.2 Å². The van der Waals surface area contributed by atoms with E-state index in [4.69, 9.17) is 9.47 Å². The molecule has 1 atom stereocenters. The number of ether oxygens (including phenoxy) is 2. The molecule has 1 N–H and O–H groups in total. The van der Waals surface area contributed by atoms with Crippen molar-refractivity contribution in [2.24, 2.45) is 0 Å². The van der Waals surface area contributed by atoms with Gasteiger partial charge in [-0.2, -0.15) is 0 Å². The van der Waals surface area contributed by atoms with E-state index in [1.165, 1.54) is 4.90 Å². The number of hydrogen-bond donors (Lipinski definition) is 1. The van der Waals surface area contributed by atoms with Crippen LogP contribution in [0.4, 0.5) is 0 Å². The molecule has 0 radical (unpaired) electrons. The summed E-state index contributed by atoms with van der Waals surface area (Å²) in [6.45, 7) is 4.86. The minimum Gasteiger partial charge on any atom is -0.488 e. The maximum absolute atomic E-state index is 11.8. The maximum Gasteiger partial charge on any atom is 0.333 e. The first-order valence-corrected chi connectivity index (χ1v) is 11.2. The average molecular weight is 445 g/mol. The standard InChI is InChI=1S/C27H24O4S/c1-18(2)27(29)31-21(16-28)17-30-26-24-11-7-6-8-19(24)14-20-15-23(12-13-25(20)26)32-22-9-4-3-5-10-22/h3-15,21,28H,1,16-17H2,2H3. The van der Waals surface area contributed by atoms with Crippen LogP contribution in [0.2, 0.25) is 0 Å². The molecule has 4 aromatic carbocycles. The summed E-state index contributed by atoms with van der Waals surface area (Å²) in [5.74, 6) is 0.164. The number of aliphatic hydroxyl groups is 1. The zero-order valence-electron chi connectivity index (χ0n) is 17.8. The Kier molecular flexibility index (Phi) is 6.78. The Hall–Kier alpha value is -3.28. The summed E-state index contributed by atoms with van der Waals surface area (Å²) >= 11 is 1.71. The fraction of sp³-hybridized carbons (Fsp3) is 0.148. The van der Waals surface area contributed by atoms with Gasteiger partial charge in [-0.1, -0.05) is 60.8 Å². The lowest BCUT2D eigenvalue weighted by molar-refractivity contribution is -0.147. The van der Waals surface area contributed by atoms with Crippen LogP contribution >= 0.6 is 11.8 Å².